The second kappa shape index (κ2) is 4.25. The first-order valence-corrected chi connectivity index (χ1v) is 6.39. The van der Waals surface area contributed by atoms with Gasteiger partial charge < -0.3 is 5.32 Å². The van der Waals surface area contributed by atoms with Crippen LogP contribution in [0.2, 0.25) is 5.02 Å². The molecule has 0 unspecified atom stereocenters. The molecule has 0 aliphatic heterocycles. The molecule has 1 heterocycles. The van der Waals surface area contributed by atoms with Gasteiger partial charge in [0.15, 0.2) is 0 Å². The fourth-order valence-corrected chi connectivity index (χ4v) is 2.18. The Bertz CT molecular complexity index is 544. The Morgan fingerprint density at radius 3 is 2.28 bits per heavy atom. The minimum Gasteiger partial charge on any atom is -0.345 e. The van der Waals surface area contributed by atoms with Gasteiger partial charge in [0.1, 0.15) is 0 Å². The number of nitrogens with one attached hydrogen (secondary N) is 1. The van der Waals surface area contributed by atoms with Gasteiger partial charge in [-0.15, -0.1) is 0 Å². The molecule has 1 saturated carbocycles. The number of anilines is 1. The topological polar surface area (TPSA) is 37.8 Å². The van der Waals surface area contributed by atoms with Crippen molar-refractivity contribution in [1.29, 1.82) is 0 Å². The molecule has 1 aromatic carbocycles. The molecule has 18 heavy (non-hydrogen) atoms. The first kappa shape index (κ1) is 11.5. The molecule has 0 bridgehead atoms. The lowest BCUT2D eigenvalue weighted by atomic mass is 10.1. The van der Waals surface area contributed by atoms with Crippen LogP contribution in [0.1, 0.15) is 24.0 Å². The molecule has 2 aromatic rings. The summed E-state index contributed by atoms with van der Waals surface area (Å²) < 4.78 is 0. The van der Waals surface area contributed by atoms with Crippen LogP contribution in [-0.2, 0) is 5.54 Å². The third-order valence-electron chi connectivity index (χ3n) is 3.28. The first-order chi connectivity index (χ1) is 8.68. The molecular weight excluding hydrogens is 246 g/mol. The predicted molar refractivity (Wildman–Crippen MR) is 72.8 cm³/mol. The van der Waals surface area contributed by atoms with Crippen molar-refractivity contribution in [2.24, 2.45) is 0 Å². The van der Waals surface area contributed by atoms with Crippen molar-refractivity contribution >= 4 is 17.5 Å². The summed E-state index contributed by atoms with van der Waals surface area (Å²) in [6, 6.07) is 7.98. The molecule has 4 heteroatoms. The molecule has 3 nitrogen and oxygen atoms in total. The van der Waals surface area contributed by atoms with Crippen molar-refractivity contribution in [2.75, 3.05) is 5.32 Å². The van der Waals surface area contributed by atoms with Gasteiger partial charge in [0.25, 0.3) is 0 Å². The van der Waals surface area contributed by atoms with Gasteiger partial charge in [-0.05, 0) is 43.0 Å². The number of aromatic nitrogens is 2. The van der Waals surface area contributed by atoms with Gasteiger partial charge in [0, 0.05) is 17.4 Å². The van der Waals surface area contributed by atoms with E-state index in [0.29, 0.717) is 5.95 Å². The van der Waals surface area contributed by atoms with Gasteiger partial charge in [-0.25, -0.2) is 9.97 Å². The Morgan fingerprint density at radius 2 is 1.72 bits per heavy atom. The molecule has 3 rings (SSSR count). The third-order valence-corrected chi connectivity index (χ3v) is 3.53. The number of aryl methyl sites for hydroxylation is 1. The normalized spacial score (nSPS) is 16.3. The highest BCUT2D eigenvalue weighted by atomic mass is 35.5. The van der Waals surface area contributed by atoms with Gasteiger partial charge in [0.2, 0.25) is 5.95 Å². The maximum absolute atomic E-state index is 5.91. The summed E-state index contributed by atoms with van der Waals surface area (Å²) in [5, 5.41) is 4.19. The van der Waals surface area contributed by atoms with E-state index in [1.165, 1.54) is 5.56 Å². The van der Waals surface area contributed by atoms with E-state index in [4.69, 9.17) is 11.6 Å². The summed E-state index contributed by atoms with van der Waals surface area (Å²) in [6.45, 7) is 1.98. The molecule has 1 aliphatic carbocycles. The number of nitrogens with zero attached hydrogens (tertiary/aromatic N) is 2. The fourth-order valence-electron chi connectivity index (χ4n) is 2.05. The summed E-state index contributed by atoms with van der Waals surface area (Å²) in [6.07, 6.45) is 5.86. The van der Waals surface area contributed by atoms with E-state index in [2.05, 4.69) is 27.4 Å². The minimum atomic E-state index is -0.000152. The molecule has 1 fully saturated rings. The lowest BCUT2D eigenvalue weighted by molar-refractivity contribution is 0.789. The van der Waals surface area contributed by atoms with E-state index in [9.17, 15) is 0 Å². The van der Waals surface area contributed by atoms with Crippen LogP contribution >= 0.6 is 11.6 Å². The van der Waals surface area contributed by atoms with Gasteiger partial charge in [-0.2, -0.15) is 0 Å². The molecule has 0 saturated heterocycles. The second-order valence-corrected chi connectivity index (χ2v) is 5.23. The van der Waals surface area contributed by atoms with Crippen molar-refractivity contribution in [2.45, 2.75) is 25.3 Å². The zero-order valence-electron chi connectivity index (χ0n) is 10.2. The summed E-state index contributed by atoms with van der Waals surface area (Å²) in [7, 11) is 0. The molecule has 1 aromatic heterocycles. The van der Waals surface area contributed by atoms with Gasteiger partial charge in [0.05, 0.1) is 5.54 Å². The molecule has 0 spiro atoms. The summed E-state index contributed by atoms with van der Waals surface area (Å²) in [5.74, 6) is 0.688. The smallest absolute Gasteiger partial charge is 0.223 e. The quantitative estimate of drug-likeness (QED) is 0.916. The maximum atomic E-state index is 5.91. The molecule has 1 aliphatic rings. The summed E-state index contributed by atoms with van der Waals surface area (Å²) >= 11 is 5.91. The number of benzene rings is 1. The first-order valence-electron chi connectivity index (χ1n) is 6.01. The summed E-state index contributed by atoms with van der Waals surface area (Å²) in [5.41, 5.74) is 2.31. The van der Waals surface area contributed by atoms with E-state index in [1.54, 1.807) is 0 Å². The molecule has 92 valence electrons. The molecule has 0 atom stereocenters. The molecule has 0 amide bonds. The molecule has 0 radical (unpaired) electrons. The molecular formula is C14H14ClN3. The largest absolute Gasteiger partial charge is 0.345 e. The SMILES string of the molecule is Cc1cnc(NC2(c3ccc(Cl)cc3)CC2)nc1. The Labute approximate surface area is 111 Å². The number of halogens is 1. The maximum Gasteiger partial charge on any atom is 0.223 e. The van der Waals surface area contributed by atoms with Crippen LogP contribution in [0.3, 0.4) is 0 Å². The van der Waals surface area contributed by atoms with Crippen molar-refractivity contribution < 1.29 is 0 Å². The zero-order chi connectivity index (χ0) is 12.6. The van der Waals surface area contributed by atoms with Crippen molar-refractivity contribution in [1.82, 2.24) is 9.97 Å². The monoisotopic (exact) mass is 259 g/mol. The Morgan fingerprint density at radius 1 is 1.11 bits per heavy atom. The fraction of sp³-hybridized carbons (Fsp3) is 0.286. The van der Waals surface area contributed by atoms with Gasteiger partial charge in [-0.1, -0.05) is 23.7 Å². The van der Waals surface area contributed by atoms with Crippen LogP contribution in [0.25, 0.3) is 0 Å². The van der Waals surface area contributed by atoms with Crippen molar-refractivity contribution in [3.63, 3.8) is 0 Å². The van der Waals surface area contributed by atoms with Gasteiger partial charge in [-0.3, -0.25) is 0 Å². The van der Waals surface area contributed by atoms with E-state index in [1.807, 2.05) is 31.5 Å². The third kappa shape index (κ3) is 2.18. The summed E-state index contributed by atoms with van der Waals surface area (Å²) in [4.78, 5) is 8.60. The second-order valence-electron chi connectivity index (χ2n) is 4.80. The zero-order valence-corrected chi connectivity index (χ0v) is 10.9. The highest BCUT2D eigenvalue weighted by Crippen LogP contribution is 2.47. The Kier molecular flexibility index (Phi) is 2.71. The lowest BCUT2D eigenvalue weighted by Gasteiger charge is -2.17. The average Bonchev–Trinajstić information content (AvgIpc) is 3.14. The standard InChI is InChI=1S/C14H14ClN3/c1-10-8-16-13(17-9-10)18-14(6-7-14)11-2-4-12(15)5-3-11/h2-5,8-9H,6-7H2,1H3,(H,16,17,18). The number of hydrogen-bond acceptors (Lipinski definition) is 3. The van der Waals surface area contributed by atoms with E-state index in [0.717, 1.165) is 23.4 Å². The van der Waals surface area contributed by atoms with Crippen molar-refractivity contribution in [3.8, 4) is 0 Å². The number of hydrogen-bond donors (Lipinski definition) is 1. The van der Waals surface area contributed by atoms with Crippen LogP contribution in [0.4, 0.5) is 5.95 Å². The van der Waals surface area contributed by atoms with Crippen LogP contribution < -0.4 is 5.32 Å². The Hall–Kier alpha value is -1.61. The highest BCUT2D eigenvalue weighted by Gasteiger charge is 2.44. The van der Waals surface area contributed by atoms with Crippen molar-refractivity contribution in [3.05, 3.63) is 52.8 Å². The Balaban J connectivity index is 1.83. The van der Waals surface area contributed by atoms with Crippen LogP contribution in [-0.4, -0.2) is 9.97 Å². The minimum absolute atomic E-state index is 0.000152. The predicted octanol–water partition coefficient (Wildman–Crippen LogP) is 3.54. The number of rotatable bonds is 3. The lowest BCUT2D eigenvalue weighted by Crippen LogP contribution is -2.20. The molecule has 1 N–H and O–H groups in total. The van der Waals surface area contributed by atoms with Crippen LogP contribution in [0.15, 0.2) is 36.7 Å². The highest BCUT2D eigenvalue weighted by molar-refractivity contribution is 6.30. The average molecular weight is 260 g/mol. The van der Waals surface area contributed by atoms with E-state index < -0.39 is 0 Å². The van der Waals surface area contributed by atoms with Gasteiger partial charge >= 0.3 is 0 Å². The van der Waals surface area contributed by atoms with E-state index in [-0.39, 0.29) is 5.54 Å². The van der Waals surface area contributed by atoms with E-state index >= 15 is 0 Å². The van der Waals surface area contributed by atoms with Crippen LogP contribution in [0, 0.1) is 6.92 Å². The van der Waals surface area contributed by atoms with Crippen LogP contribution in [0.5, 0.6) is 0 Å².